The van der Waals surface area contributed by atoms with Gasteiger partial charge in [-0.15, -0.1) is 0 Å². The molecular weight excluding hydrogens is 360 g/mol. The number of ketones is 1. The van der Waals surface area contributed by atoms with E-state index in [1.165, 1.54) is 11.9 Å². The monoisotopic (exact) mass is 384 g/mol. The zero-order chi connectivity index (χ0) is 20.5. The highest BCUT2D eigenvalue weighted by Gasteiger charge is 2.06. The number of Topliss-reactive ketones (excluding diaryl/α,β-unsaturated/α-hetero) is 1. The van der Waals surface area contributed by atoms with Crippen molar-refractivity contribution in [3.63, 3.8) is 0 Å². The Morgan fingerprint density at radius 3 is 2.48 bits per heavy atom. The Morgan fingerprint density at radius 2 is 1.76 bits per heavy atom. The summed E-state index contributed by atoms with van der Waals surface area (Å²) in [6.45, 7) is 4.19. The van der Waals surface area contributed by atoms with E-state index in [0.717, 1.165) is 17.5 Å². The lowest BCUT2D eigenvalue weighted by molar-refractivity contribution is -0.117. The van der Waals surface area contributed by atoms with Gasteiger partial charge in [-0.25, -0.2) is 9.97 Å². The van der Waals surface area contributed by atoms with Gasteiger partial charge in [-0.05, 0) is 48.4 Å². The summed E-state index contributed by atoms with van der Waals surface area (Å²) in [6, 6.07) is 19.8. The van der Waals surface area contributed by atoms with E-state index in [1.807, 2.05) is 42.5 Å². The largest absolute Gasteiger partial charge is 0.473 e. The fourth-order valence-electron chi connectivity index (χ4n) is 3.04. The molecule has 4 heteroatoms. The summed E-state index contributed by atoms with van der Waals surface area (Å²) in [5.74, 6) is 7.27. The second-order valence-electron chi connectivity index (χ2n) is 7.18. The Hall–Kier alpha value is -3.45. The normalized spacial score (nSPS) is 11.2. The fourth-order valence-corrected chi connectivity index (χ4v) is 3.04. The molecule has 1 unspecified atom stereocenters. The highest BCUT2D eigenvalue weighted by molar-refractivity contribution is 5.75. The van der Waals surface area contributed by atoms with Crippen LogP contribution in [0.3, 0.4) is 0 Å². The van der Waals surface area contributed by atoms with Gasteiger partial charge in [-0.1, -0.05) is 55.3 Å². The fraction of sp³-hybridized carbons (Fsp3) is 0.240. The molecule has 2 aromatic carbocycles. The van der Waals surface area contributed by atoms with Crippen molar-refractivity contribution < 1.29 is 9.53 Å². The number of ether oxygens (including phenoxy) is 1. The number of hydrogen-bond acceptors (Lipinski definition) is 4. The van der Waals surface area contributed by atoms with Crippen LogP contribution in [-0.2, 0) is 17.8 Å². The van der Waals surface area contributed by atoms with E-state index in [2.05, 4.69) is 40.9 Å². The van der Waals surface area contributed by atoms with Crippen molar-refractivity contribution in [1.82, 2.24) is 9.97 Å². The van der Waals surface area contributed by atoms with Crippen LogP contribution in [0.4, 0.5) is 0 Å². The van der Waals surface area contributed by atoms with Gasteiger partial charge in [0, 0.05) is 18.1 Å². The van der Waals surface area contributed by atoms with Crippen molar-refractivity contribution in [2.24, 2.45) is 5.92 Å². The summed E-state index contributed by atoms with van der Waals surface area (Å²) in [5.41, 5.74) is 3.82. The molecule has 0 N–H and O–H groups in total. The molecule has 3 aromatic rings. The van der Waals surface area contributed by atoms with Crippen molar-refractivity contribution in [3.8, 4) is 17.7 Å². The van der Waals surface area contributed by atoms with E-state index >= 15 is 0 Å². The smallest absolute Gasteiger partial charge is 0.217 e. The van der Waals surface area contributed by atoms with Crippen molar-refractivity contribution in [2.75, 3.05) is 0 Å². The topological polar surface area (TPSA) is 52.1 Å². The van der Waals surface area contributed by atoms with Gasteiger partial charge in [-0.3, -0.25) is 0 Å². The minimum Gasteiger partial charge on any atom is -0.473 e. The van der Waals surface area contributed by atoms with Gasteiger partial charge in [0.2, 0.25) is 5.88 Å². The summed E-state index contributed by atoms with van der Waals surface area (Å²) < 4.78 is 5.72. The molecule has 0 saturated heterocycles. The van der Waals surface area contributed by atoms with Crippen molar-refractivity contribution in [1.29, 1.82) is 0 Å². The quantitative estimate of drug-likeness (QED) is 0.558. The molecule has 0 saturated carbocycles. The highest BCUT2D eigenvalue weighted by Crippen LogP contribution is 2.13. The second kappa shape index (κ2) is 10.2. The zero-order valence-electron chi connectivity index (χ0n) is 16.8. The van der Waals surface area contributed by atoms with Crippen molar-refractivity contribution in [2.45, 2.75) is 33.3 Å². The molecular formula is C25H24N2O2. The third kappa shape index (κ3) is 6.90. The van der Waals surface area contributed by atoms with Gasteiger partial charge in [-0.2, -0.15) is 0 Å². The van der Waals surface area contributed by atoms with E-state index in [-0.39, 0.29) is 5.78 Å². The van der Waals surface area contributed by atoms with Gasteiger partial charge >= 0.3 is 0 Å². The lowest BCUT2D eigenvalue weighted by atomic mass is 9.96. The van der Waals surface area contributed by atoms with Gasteiger partial charge < -0.3 is 9.53 Å². The van der Waals surface area contributed by atoms with Crippen LogP contribution >= 0.6 is 0 Å². The molecule has 0 spiro atoms. The number of benzene rings is 2. The van der Waals surface area contributed by atoms with Gasteiger partial charge in [0.25, 0.3) is 0 Å². The van der Waals surface area contributed by atoms with Crippen LogP contribution < -0.4 is 4.74 Å². The molecule has 3 rings (SSSR count). The maximum atomic E-state index is 11.2. The molecule has 0 amide bonds. The third-order valence-electron chi connectivity index (χ3n) is 4.38. The lowest BCUT2D eigenvalue weighted by Gasteiger charge is -2.09. The van der Waals surface area contributed by atoms with E-state index in [9.17, 15) is 4.79 Å². The van der Waals surface area contributed by atoms with Crippen LogP contribution in [0.2, 0.25) is 0 Å². The number of aromatic nitrogens is 2. The predicted molar refractivity (Wildman–Crippen MR) is 113 cm³/mol. The predicted octanol–water partition coefficient (Wildman–Crippen LogP) is 4.61. The molecule has 4 nitrogen and oxygen atoms in total. The molecule has 29 heavy (non-hydrogen) atoms. The summed E-state index contributed by atoms with van der Waals surface area (Å²) in [6.07, 6.45) is 2.97. The van der Waals surface area contributed by atoms with Crippen LogP contribution in [0.5, 0.6) is 5.88 Å². The number of carbonyl (C=O) groups excluding carboxylic acids is 1. The van der Waals surface area contributed by atoms with Crippen molar-refractivity contribution in [3.05, 3.63) is 89.4 Å². The number of carbonyl (C=O) groups is 1. The van der Waals surface area contributed by atoms with Crippen molar-refractivity contribution >= 4 is 5.78 Å². The van der Waals surface area contributed by atoms with Gasteiger partial charge in [0.05, 0.1) is 0 Å². The minimum absolute atomic E-state index is 0.233. The Bertz CT molecular complexity index is 1000. The van der Waals surface area contributed by atoms with E-state index < -0.39 is 0 Å². The molecule has 0 bridgehead atoms. The summed E-state index contributed by atoms with van der Waals surface area (Å²) in [5, 5.41) is 0. The van der Waals surface area contributed by atoms with Crippen LogP contribution in [0.1, 0.15) is 42.7 Å². The first-order chi connectivity index (χ1) is 14.1. The Labute approximate surface area is 172 Å². The second-order valence-corrected chi connectivity index (χ2v) is 7.18. The maximum Gasteiger partial charge on any atom is 0.217 e. The molecule has 1 aromatic heterocycles. The maximum absolute atomic E-state index is 11.2. The molecule has 0 aliphatic rings. The standard InChI is InChI=1S/C25H24N2O2/c1-19(14-20(2)28)15-22-10-8-21(9-11-22)12-13-24-16-25(27-18-26-24)29-17-23-6-4-3-5-7-23/h3-11,16,18-19H,14-15,17H2,1-2H3. The molecule has 0 aliphatic carbocycles. The first kappa shape index (κ1) is 20.3. The van der Waals surface area contributed by atoms with E-state index in [0.29, 0.717) is 30.5 Å². The molecule has 0 aliphatic heterocycles. The van der Waals surface area contributed by atoms with Crippen LogP contribution in [0.15, 0.2) is 67.0 Å². The van der Waals surface area contributed by atoms with Gasteiger partial charge in [0.1, 0.15) is 24.4 Å². The SMILES string of the molecule is CC(=O)CC(C)Cc1ccc(C#Cc2cc(OCc3ccccc3)ncn2)cc1. The summed E-state index contributed by atoms with van der Waals surface area (Å²) in [7, 11) is 0. The first-order valence-electron chi connectivity index (χ1n) is 9.67. The van der Waals surface area contributed by atoms with Crippen LogP contribution in [-0.4, -0.2) is 15.8 Å². The minimum atomic E-state index is 0.233. The first-order valence-corrected chi connectivity index (χ1v) is 9.67. The average Bonchev–Trinajstić information content (AvgIpc) is 2.72. The molecule has 146 valence electrons. The third-order valence-corrected chi connectivity index (χ3v) is 4.38. The number of nitrogens with zero attached hydrogens (tertiary/aromatic N) is 2. The Balaban J connectivity index is 1.60. The molecule has 1 atom stereocenters. The number of hydrogen-bond donors (Lipinski definition) is 0. The van der Waals surface area contributed by atoms with Gasteiger partial charge in [0.15, 0.2) is 0 Å². The summed E-state index contributed by atoms with van der Waals surface area (Å²) in [4.78, 5) is 19.6. The van der Waals surface area contributed by atoms with Crippen LogP contribution in [0.25, 0.3) is 0 Å². The summed E-state index contributed by atoms with van der Waals surface area (Å²) >= 11 is 0. The lowest BCUT2D eigenvalue weighted by Crippen LogP contribution is -2.04. The average molecular weight is 384 g/mol. The van der Waals surface area contributed by atoms with E-state index in [4.69, 9.17) is 4.74 Å². The Morgan fingerprint density at radius 1 is 1.00 bits per heavy atom. The highest BCUT2D eigenvalue weighted by atomic mass is 16.5. The van der Waals surface area contributed by atoms with Crippen LogP contribution in [0, 0.1) is 17.8 Å². The molecule has 1 heterocycles. The molecule has 0 radical (unpaired) electrons. The number of rotatable bonds is 7. The van der Waals surface area contributed by atoms with E-state index in [1.54, 1.807) is 13.0 Å². The molecule has 0 fully saturated rings. The Kier molecular flexibility index (Phi) is 7.13. The zero-order valence-corrected chi connectivity index (χ0v) is 16.8.